The van der Waals surface area contributed by atoms with Crippen molar-refractivity contribution in [1.82, 2.24) is 20.1 Å². The van der Waals surface area contributed by atoms with Gasteiger partial charge in [0.15, 0.2) is 0 Å². The van der Waals surface area contributed by atoms with Crippen LogP contribution in [0, 0.1) is 5.92 Å². The van der Waals surface area contributed by atoms with Crippen LogP contribution >= 0.6 is 0 Å². The molecule has 0 unspecified atom stereocenters. The second-order valence-corrected chi connectivity index (χ2v) is 8.55. The molecule has 0 aliphatic carbocycles. The van der Waals surface area contributed by atoms with Crippen molar-refractivity contribution in [1.29, 1.82) is 0 Å². The normalized spacial score (nSPS) is 25.8. The maximum Gasteiger partial charge on any atom is 0.223 e. The number of rotatable bonds is 6. The van der Waals surface area contributed by atoms with E-state index in [0.717, 1.165) is 65.0 Å². The number of ether oxygens (including phenoxy) is 1. The zero-order valence-corrected chi connectivity index (χ0v) is 16.9. The van der Waals surface area contributed by atoms with E-state index in [9.17, 15) is 4.79 Å². The van der Waals surface area contributed by atoms with Crippen LogP contribution in [-0.4, -0.2) is 72.2 Å². The molecule has 0 spiro atoms. The van der Waals surface area contributed by atoms with Crippen LogP contribution in [0.4, 0.5) is 0 Å². The average Bonchev–Trinajstić information content (AvgIpc) is 3.27. The third-order valence-electron chi connectivity index (χ3n) is 6.66. The summed E-state index contributed by atoms with van der Waals surface area (Å²) in [5.74, 6) is 0.423. The van der Waals surface area contributed by atoms with Crippen LogP contribution in [0.15, 0.2) is 24.5 Å². The molecule has 3 fully saturated rings. The molecule has 4 heterocycles. The van der Waals surface area contributed by atoms with Crippen LogP contribution < -0.4 is 5.32 Å². The Morgan fingerprint density at radius 3 is 2.50 bits per heavy atom. The van der Waals surface area contributed by atoms with Gasteiger partial charge in [-0.15, -0.1) is 0 Å². The first-order valence-electron chi connectivity index (χ1n) is 11.0. The van der Waals surface area contributed by atoms with Crippen molar-refractivity contribution in [2.24, 2.45) is 5.92 Å². The zero-order valence-electron chi connectivity index (χ0n) is 16.9. The van der Waals surface area contributed by atoms with E-state index < -0.39 is 0 Å². The first kappa shape index (κ1) is 19.8. The molecule has 6 heteroatoms. The highest BCUT2D eigenvalue weighted by Gasteiger charge is 2.31. The Labute approximate surface area is 168 Å². The average molecular weight is 387 g/mol. The number of pyridine rings is 1. The molecule has 28 heavy (non-hydrogen) atoms. The Bertz CT molecular complexity index is 604. The number of likely N-dealkylation sites (tertiary alicyclic amines) is 2. The molecule has 0 radical (unpaired) electrons. The fraction of sp³-hybridized carbons (Fsp3) is 0.727. The smallest absolute Gasteiger partial charge is 0.223 e. The number of nitrogens with zero attached hydrogens (tertiary/aromatic N) is 3. The SMILES string of the molecule is O=C(NC[C@H]1CCCO1)C1CCN(C2CCN(Cc3ccncc3)CC2)CC1. The van der Waals surface area contributed by atoms with E-state index in [1.807, 2.05) is 12.4 Å². The van der Waals surface area contributed by atoms with E-state index in [1.54, 1.807) is 0 Å². The molecule has 1 amide bonds. The van der Waals surface area contributed by atoms with Crippen molar-refractivity contribution in [3.05, 3.63) is 30.1 Å². The predicted octanol–water partition coefficient (Wildman–Crippen LogP) is 2.05. The maximum atomic E-state index is 12.5. The highest BCUT2D eigenvalue weighted by Crippen LogP contribution is 2.25. The molecule has 1 N–H and O–H groups in total. The van der Waals surface area contributed by atoms with Gasteiger partial charge in [-0.05, 0) is 82.4 Å². The van der Waals surface area contributed by atoms with Crippen LogP contribution in [0.3, 0.4) is 0 Å². The van der Waals surface area contributed by atoms with Gasteiger partial charge in [-0.25, -0.2) is 0 Å². The number of amides is 1. The summed E-state index contributed by atoms with van der Waals surface area (Å²) in [7, 11) is 0. The van der Waals surface area contributed by atoms with E-state index in [1.165, 1.54) is 18.4 Å². The van der Waals surface area contributed by atoms with Crippen molar-refractivity contribution in [3.63, 3.8) is 0 Å². The largest absolute Gasteiger partial charge is 0.376 e. The molecule has 0 aromatic carbocycles. The van der Waals surface area contributed by atoms with Gasteiger partial charge in [0.25, 0.3) is 0 Å². The highest BCUT2D eigenvalue weighted by atomic mass is 16.5. The van der Waals surface area contributed by atoms with Gasteiger partial charge in [0.05, 0.1) is 6.10 Å². The van der Waals surface area contributed by atoms with Crippen LogP contribution in [0.1, 0.15) is 44.1 Å². The second-order valence-electron chi connectivity index (χ2n) is 8.55. The molecule has 6 nitrogen and oxygen atoms in total. The second kappa shape index (κ2) is 9.81. The molecule has 0 bridgehead atoms. The molecule has 3 saturated heterocycles. The summed E-state index contributed by atoms with van der Waals surface area (Å²) < 4.78 is 5.60. The Hall–Kier alpha value is -1.50. The summed E-state index contributed by atoms with van der Waals surface area (Å²) in [5.41, 5.74) is 1.35. The lowest BCUT2D eigenvalue weighted by Crippen LogP contribution is -2.49. The Morgan fingerprint density at radius 1 is 1.07 bits per heavy atom. The molecule has 4 rings (SSSR count). The Balaban J connectivity index is 1.15. The molecule has 1 aromatic heterocycles. The number of carbonyl (C=O) groups excluding carboxylic acids is 1. The first-order valence-corrected chi connectivity index (χ1v) is 11.0. The number of hydrogen-bond donors (Lipinski definition) is 1. The van der Waals surface area contributed by atoms with Gasteiger partial charge < -0.3 is 15.0 Å². The van der Waals surface area contributed by atoms with E-state index in [2.05, 4.69) is 32.2 Å². The van der Waals surface area contributed by atoms with Gasteiger partial charge >= 0.3 is 0 Å². The monoisotopic (exact) mass is 386 g/mol. The predicted molar refractivity (Wildman–Crippen MR) is 109 cm³/mol. The van der Waals surface area contributed by atoms with Gasteiger partial charge in [-0.2, -0.15) is 0 Å². The van der Waals surface area contributed by atoms with Crippen molar-refractivity contribution in [2.45, 2.75) is 57.2 Å². The fourth-order valence-electron chi connectivity index (χ4n) is 4.88. The number of hydrogen-bond acceptors (Lipinski definition) is 5. The lowest BCUT2D eigenvalue weighted by atomic mass is 9.92. The standard InChI is InChI=1S/C22H34N4O2/c27-22(24-16-21-2-1-15-28-21)19-5-13-26(14-6-19)20-7-11-25(12-8-20)17-18-3-9-23-10-4-18/h3-4,9-10,19-21H,1-2,5-8,11-17H2,(H,24,27)/t21-/m1/s1. The molecule has 3 aliphatic heterocycles. The summed E-state index contributed by atoms with van der Waals surface area (Å²) in [6.07, 6.45) is 10.7. The zero-order chi connectivity index (χ0) is 19.2. The molecule has 1 atom stereocenters. The topological polar surface area (TPSA) is 57.7 Å². The third kappa shape index (κ3) is 5.31. The van der Waals surface area contributed by atoms with Gasteiger partial charge in [-0.3, -0.25) is 14.7 Å². The summed E-state index contributed by atoms with van der Waals surface area (Å²) >= 11 is 0. The molecular formula is C22H34N4O2. The third-order valence-corrected chi connectivity index (χ3v) is 6.66. The number of aromatic nitrogens is 1. The van der Waals surface area contributed by atoms with Gasteiger partial charge in [-0.1, -0.05) is 0 Å². The van der Waals surface area contributed by atoms with Crippen molar-refractivity contribution >= 4 is 5.91 Å². The summed E-state index contributed by atoms with van der Waals surface area (Å²) in [5, 5.41) is 3.12. The fourth-order valence-corrected chi connectivity index (χ4v) is 4.88. The van der Waals surface area contributed by atoms with Crippen molar-refractivity contribution < 1.29 is 9.53 Å². The Kier molecular flexibility index (Phi) is 6.94. The molecule has 3 aliphatic rings. The minimum Gasteiger partial charge on any atom is -0.376 e. The molecular weight excluding hydrogens is 352 g/mol. The number of piperidine rings is 2. The number of nitrogens with one attached hydrogen (secondary N) is 1. The lowest BCUT2D eigenvalue weighted by Gasteiger charge is -2.41. The van der Waals surface area contributed by atoms with Gasteiger partial charge in [0.2, 0.25) is 5.91 Å². The minimum atomic E-state index is 0.185. The van der Waals surface area contributed by atoms with Crippen LogP contribution in [-0.2, 0) is 16.1 Å². The van der Waals surface area contributed by atoms with Crippen LogP contribution in [0.2, 0.25) is 0 Å². The van der Waals surface area contributed by atoms with E-state index in [4.69, 9.17) is 4.74 Å². The quantitative estimate of drug-likeness (QED) is 0.811. The Morgan fingerprint density at radius 2 is 1.82 bits per heavy atom. The highest BCUT2D eigenvalue weighted by molar-refractivity contribution is 5.78. The van der Waals surface area contributed by atoms with Gasteiger partial charge in [0.1, 0.15) is 0 Å². The first-order chi connectivity index (χ1) is 13.8. The van der Waals surface area contributed by atoms with E-state index in [-0.39, 0.29) is 17.9 Å². The van der Waals surface area contributed by atoms with Crippen molar-refractivity contribution in [2.75, 3.05) is 39.3 Å². The van der Waals surface area contributed by atoms with E-state index >= 15 is 0 Å². The summed E-state index contributed by atoms with van der Waals surface area (Å²) in [4.78, 5) is 21.7. The lowest BCUT2D eigenvalue weighted by molar-refractivity contribution is -0.127. The van der Waals surface area contributed by atoms with Crippen LogP contribution in [0.5, 0.6) is 0 Å². The van der Waals surface area contributed by atoms with Crippen molar-refractivity contribution in [3.8, 4) is 0 Å². The summed E-state index contributed by atoms with van der Waals surface area (Å²) in [6, 6.07) is 4.91. The van der Waals surface area contributed by atoms with E-state index in [0.29, 0.717) is 12.6 Å². The number of carbonyl (C=O) groups is 1. The maximum absolute atomic E-state index is 12.5. The van der Waals surface area contributed by atoms with Crippen LogP contribution in [0.25, 0.3) is 0 Å². The molecule has 1 aromatic rings. The molecule has 154 valence electrons. The molecule has 0 saturated carbocycles. The summed E-state index contributed by atoms with van der Waals surface area (Å²) in [6.45, 7) is 7.02. The minimum absolute atomic E-state index is 0.185. The van der Waals surface area contributed by atoms with Gasteiger partial charge in [0, 0.05) is 44.0 Å².